The molecule has 7 nitrogen and oxygen atoms in total. The average molecular weight is 431 g/mol. The number of nitrogens with zero attached hydrogens (tertiary/aromatic N) is 1. The summed E-state index contributed by atoms with van der Waals surface area (Å²) in [4.78, 5) is 22.6. The highest BCUT2D eigenvalue weighted by Gasteiger charge is 2.22. The van der Waals surface area contributed by atoms with Crippen LogP contribution in [0.3, 0.4) is 0 Å². The molecular formula is C23H31FN4O3. The van der Waals surface area contributed by atoms with Gasteiger partial charge < -0.3 is 26.4 Å². The molecule has 2 aromatic carbocycles. The van der Waals surface area contributed by atoms with Crippen LogP contribution in [0.2, 0.25) is 0 Å². The van der Waals surface area contributed by atoms with Crippen LogP contribution in [0.25, 0.3) is 0 Å². The van der Waals surface area contributed by atoms with E-state index in [1.807, 2.05) is 4.90 Å². The molecular weight excluding hydrogens is 399 g/mol. The molecule has 1 fully saturated rings. The van der Waals surface area contributed by atoms with E-state index in [9.17, 15) is 9.18 Å². The molecule has 2 aromatic rings. The number of likely N-dealkylation sites (tertiary alicyclic amines) is 1. The molecule has 1 saturated heterocycles. The molecule has 0 bridgehead atoms. The summed E-state index contributed by atoms with van der Waals surface area (Å²) in [7, 11) is 0. The Morgan fingerprint density at radius 2 is 1.61 bits per heavy atom. The van der Waals surface area contributed by atoms with Crippen molar-refractivity contribution in [3.63, 3.8) is 0 Å². The van der Waals surface area contributed by atoms with Gasteiger partial charge in [0.05, 0.1) is 0 Å². The van der Waals surface area contributed by atoms with Gasteiger partial charge in [-0.05, 0) is 67.6 Å². The lowest BCUT2D eigenvalue weighted by Gasteiger charge is -2.33. The van der Waals surface area contributed by atoms with Gasteiger partial charge in [0.15, 0.2) is 0 Å². The lowest BCUT2D eigenvalue weighted by atomic mass is 10.0. The van der Waals surface area contributed by atoms with Crippen molar-refractivity contribution in [2.75, 3.05) is 31.5 Å². The lowest BCUT2D eigenvalue weighted by Crippen LogP contribution is -2.47. The van der Waals surface area contributed by atoms with Gasteiger partial charge in [-0.2, -0.15) is 0 Å². The maximum atomic E-state index is 12.9. The van der Waals surface area contributed by atoms with Gasteiger partial charge in [-0.3, -0.25) is 4.79 Å². The number of hydrogen-bond acceptors (Lipinski definition) is 4. The zero-order chi connectivity index (χ0) is 22.5. The fourth-order valence-corrected chi connectivity index (χ4v) is 3.47. The van der Waals surface area contributed by atoms with E-state index in [0.717, 1.165) is 43.6 Å². The van der Waals surface area contributed by atoms with Crippen LogP contribution in [-0.4, -0.2) is 54.7 Å². The van der Waals surface area contributed by atoms with E-state index in [4.69, 9.17) is 15.6 Å². The van der Waals surface area contributed by atoms with Gasteiger partial charge in [0.2, 0.25) is 0 Å². The molecule has 1 aliphatic rings. The Morgan fingerprint density at radius 1 is 1.06 bits per heavy atom. The first-order valence-corrected chi connectivity index (χ1v) is 10.5. The number of nitrogens with one attached hydrogen (secondary N) is 2. The number of urea groups is 1. The Hall–Kier alpha value is -3.13. The van der Waals surface area contributed by atoms with Gasteiger partial charge in [0.25, 0.3) is 6.47 Å². The highest BCUT2D eigenvalue weighted by Crippen LogP contribution is 2.17. The van der Waals surface area contributed by atoms with Crippen molar-refractivity contribution in [2.45, 2.75) is 31.7 Å². The Balaban J connectivity index is 0.00000107. The molecule has 1 heterocycles. The standard InChI is InChI=1S/C22H29FN4O.CH2O2/c23-19-5-1-18(2-6-19)10-14-25-22(28)27-15-11-21(12-16-27)26-20-7-3-17(4-8-20)9-13-24;2-1-3/h1-8,21,26H,9-16,24H2,(H,25,28);1H,(H,2,3). The second-order valence-electron chi connectivity index (χ2n) is 7.36. The fraction of sp³-hybridized carbons (Fsp3) is 0.391. The average Bonchev–Trinajstić information content (AvgIpc) is 2.78. The van der Waals surface area contributed by atoms with Crippen molar-refractivity contribution in [3.8, 4) is 0 Å². The molecule has 0 saturated carbocycles. The van der Waals surface area contributed by atoms with Gasteiger partial charge in [0, 0.05) is 31.4 Å². The Kier molecular flexibility index (Phi) is 10.3. The topological polar surface area (TPSA) is 108 Å². The number of hydrogen-bond donors (Lipinski definition) is 4. The van der Waals surface area contributed by atoms with Crippen molar-refractivity contribution in [2.24, 2.45) is 5.73 Å². The highest BCUT2D eigenvalue weighted by molar-refractivity contribution is 5.74. The number of rotatable bonds is 7. The zero-order valence-electron chi connectivity index (χ0n) is 17.6. The van der Waals surface area contributed by atoms with E-state index in [0.29, 0.717) is 25.6 Å². The number of carbonyl (C=O) groups is 2. The highest BCUT2D eigenvalue weighted by atomic mass is 19.1. The normalized spacial score (nSPS) is 13.7. The fourth-order valence-electron chi connectivity index (χ4n) is 3.47. The van der Waals surface area contributed by atoms with Crippen molar-refractivity contribution in [1.29, 1.82) is 0 Å². The summed E-state index contributed by atoms with van der Waals surface area (Å²) < 4.78 is 12.9. The number of nitrogens with two attached hydrogens (primary N) is 1. The van der Waals surface area contributed by atoms with Crippen LogP contribution >= 0.6 is 0 Å². The molecule has 5 N–H and O–H groups in total. The molecule has 0 spiro atoms. The van der Waals surface area contributed by atoms with E-state index < -0.39 is 0 Å². The molecule has 31 heavy (non-hydrogen) atoms. The van der Waals surface area contributed by atoms with Crippen molar-refractivity contribution in [3.05, 3.63) is 65.5 Å². The molecule has 0 unspecified atom stereocenters. The molecule has 0 radical (unpaired) electrons. The Labute approximate surface area is 182 Å². The third-order valence-electron chi connectivity index (χ3n) is 5.14. The number of carbonyl (C=O) groups excluding carboxylic acids is 1. The molecule has 0 aromatic heterocycles. The first kappa shape index (κ1) is 24.1. The van der Waals surface area contributed by atoms with E-state index in [1.165, 1.54) is 17.7 Å². The predicted molar refractivity (Wildman–Crippen MR) is 120 cm³/mol. The maximum Gasteiger partial charge on any atom is 0.317 e. The van der Waals surface area contributed by atoms with Crippen LogP contribution in [0.5, 0.6) is 0 Å². The molecule has 8 heteroatoms. The predicted octanol–water partition coefficient (Wildman–Crippen LogP) is 2.86. The van der Waals surface area contributed by atoms with E-state index in [-0.39, 0.29) is 18.3 Å². The SMILES string of the molecule is NCCc1ccc(NC2CCN(C(=O)NCCc3ccc(F)cc3)CC2)cc1.O=CO. The quantitative estimate of drug-likeness (QED) is 0.505. The van der Waals surface area contributed by atoms with Crippen LogP contribution in [0.15, 0.2) is 48.5 Å². The van der Waals surface area contributed by atoms with Crippen molar-refractivity contribution in [1.82, 2.24) is 10.2 Å². The zero-order valence-corrected chi connectivity index (χ0v) is 17.6. The Morgan fingerprint density at radius 3 is 2.19 bits per heavy atom. The van der Waals surface area contributed by atoms with Gasteiger partial charge >= 0.3 is 6.03 Å². The van der Waals surface area contributed by atoms with E-state index in [1.54, 1.807) is 12.1 Å². The van der Waals surface area contributed by atoms with Crippen LogP contribution in [0.4, 0.5) is 14.9 Å². The summed E-state index contributed by atoms with van der Waals surface area (Å²) in [6.45, 7) is 2.45. The van der Waals surface area contributed by atoms with Gasteiger partial charge in [-0.25, -0.2) is 9.18 Å². The second-order valence-corrected chi connectivity index (χ2v) is 7.36. The first-order valence-electron chi connectivity index (χ1n) is 10.5. The monoisotopic (exact) mass is 430 g/mol. The van der Waals surface area contributed by atoms with Crippen molar-refractivity contribution < 1.29 is 19.1 Å². The van der Waals surface area contributed by atoms with Gasteiger partial charge in [0.1, 0.15) is 5.82 Å². The van der Waals surface area contributed by atoms with Crippen LogP contribution in [0.1, 0.15) is 24.0 Å². The second kappa shape index (κ2) is 13.2. The number of halogens is 1. The first-order chi connectivity index (χ1) is 15.0. The molecule has 0 aliphatic carbocycles. The minimum atomic E-state index is -0.250. The van der Waals surface area contributed by atoms with Gasteiger partial charge in [-0.1, -0.05) is 24.3 Å². The lowest BCUT2D eigenvalue weighted by molar-refractivity contribution is -0.122. The number of piperidine rings is 1. The van der Waals surface area contributed by atoms with Crippen LogP contribution in [-0.2, 0) is 17.6 Å². The molecule has 0 atom stereocenters. The van der Waals surface area contributed by atoms with Crippen LogP contribution in [0, 0.1) is 5.82 Å². The van der Waals surface area contributed by atoms with Crippen molar-refractivity contribution >= 4 is 18.2 Å². The summed E-state index contributed by atoms with van der Waals surface area (Å²) in [5.41, 5.74) is 8.96. The number of anilines is 1. The van der Waals surface area contributed by atoms with E-state index in [2.05, 4.69) is 34.9 Å². The summed E-state index contributed by atoms with van der Waals surface area (Å²) in [5, 5.41) is 13.4. The van der Waals surface area contributed by atoms with Crippen LogP contribution < -0.4 is 16.4 Å². The third kappa shape index (κ3) is 8.64. The molecule has 168 valence electrons. The summed E-state index contributed by atoms with van der Waals surface area (Å²) >= 11 is 0. The molecule has 1 aliphatic heterocycles. The number of benzene rings is 2. The summed E-state index contributed by atoms with van der Waals surface area (Å²) in [5.74, 6) is -0.240. The smallest absolute Gasteiger partial charge is 0.317 e. The summed E-state index contributed by atoms with van der Waals surface area (Å²) in [6, 6.07) is 15.2. The summed E-state index contributed by atoms with van der Waals surface area (Å²) in [6.07, 6.45) is 3.45. The maximum absolute atomic E-state index is 12.9. The number of amides is 2. The third-order valence-corrected chi connectivity index (χ3v) is 5.14. The number of carboxylic acid groups (broad SMARTS) is 1. The minimum Gasteiger partial charge on any atom is -0.483 e. The van der Waals surface area contributed by atoms with E-state index >= 15 is 0 Å². The molecule has 3 rings (SSSR count). The minimum absolute atomic E-state index is 0.0216. The van der Waals surface area contributed by atoms with Gasteiger partial charge in [-0.15, -0.1) is 0 Å². The molecule has 2 amide bonds. The largest absolute Gasteiger partial charge is 0.483 e. The Bertz CT molecular complexity index is 791.